The fourth-order valence-corrected chi connectivity index (χ4v) is 3.35. The number of fused-ring (bicyclic) bond motifs is 1. The van der Waals surface area contributed by atoms with Crippen molar-refractivity contribution >= 4 is 23.3 Å². The van der Waals surface area contributed by atoms with Gasteiger partial charge in [0.05, 0.1) is 0 Å². The van der Waals surface area contributed by atoms with Gasteiger partial charge in [0.1, 0.15) is 12.4 Å². The van der Waals surface area contributed by atoms with Crippen molar-refractivity contribution in [2.75, 3.05) is 6.54 Å². The minimum Gasteiger partial charge on any atom is -0.489 e. The van der Waals surface area contributed by atoms with E-state index in [0.29, 0.717) is 6.61 Å². The van der Waals surface area contributed by atoms with Crippen LogP contribution < -0.4 is 10.1 Å². The SMILES string of the molecule is Cc1ccc(COc2ccc(CNCCc3c[nH]c4ccccc34)cc2)cc1.Cl. The summed E-state index contributed by atoms with van der Waals surface area (Å²) in [5.74, 6) is 0.906. The van der Waals surface area contributed by atoms with Crippen molar-refractivity contribution in [2.24, 2.45) is 0 Å². The summed E-state index contributed by atoms with van der Waals surface area (Å²) in [6.07, 6.45) is 3.13. The molecule has 3 nitrogen and oxygen atoms in total. The van der Waals surface area contributed by atoms with Crippen molar-refractivity contribution in [3.05, 3.63) is 101 Å². The van der Waals surface area contributed by atoms with Crippen LogP contribution in [0.3, 0.4) is 0 Å². The molecule has 0 amide bonds. The molecule has 0 unspecified atom stereocenters. The number of benzene rings is 3. The summed E-state index contributed by atoms with van der Waals surface area (Å²) in [7, 11) is 0. The molecule has 0 bridgehead atoms. The summed E-state index contributed by atoms with van der Waals surface area (Å²) < 4.78 is 5.88. The quantitative estimate of drug-likeness (QED) is 0.362. The number of hydrogen-bond acceptors (Lipinski definition) is 2. The molecule has 0 atom stereocenters. The fraction of sp³-hybridized carbons (Fsp3) is 0.200. The molecule has 2 N–H and O–H groups in total. The molecule has 0 aliphatic carbocycles. The second-order valence-corrected chi connectivity index (χ2v) is 7.20. The van der Waals surface area contributed by atoms with Crippen molar-refractivity contribution in [3.63, 3.8) is 0 Å². The van der Waals surface area contributed by atoms with E-state index in [1.807, 2.05) is 12.1 Å². The minimum atomic E-state index is 0. The second kappa shape index (κ2) is 10.1. The smallest absolute Gasteiger partial charge is 0.119 e. The summed E-state index contributed by atoms with van der Waals surface area (Å²) in [5.41, 5.74) is 6.29. The first-order valence-electron chi connectivity index (χ1n) is 9.81. The molecule has 4 aromatic rings. The van der Waals surface area contributed by atoms with Crippen LogP contribution in [0, 0.1) is 6.92 Å². The van der Waals surface area contributed by atoms with Crippen LogP contribution in [-0.4, -0.2) is 11.5 Å². The van der Waals surface area contributed by atoms with E-state index in [0.717, 1.165) is 25.3 Å². The van der Waals surface area contributed by atoms with Gasteiger partial charge in [0, 0.05) is 23.6 Å². The van der Waals surface area contributed by atoms with Gasteiger partial charge in [-0.1, -0.05) is 60.2 Å². The fourth-order valence-electron chi connectivity index (χ4n) is 3.35. The number of para-hydroxylation sites is 1. The molecular weight excluding hydrogens is 380 g/mol. The molecule has 0 aliphatic heterocycles. The summed E-state index contributed by atoms with van der Waals surface area (Å²) >= 11 is 0. The van der Waals surface area contributed by atoms with Crippen molar-refractivity contribution < 1.29 is 4.74 Å². The monoisotopic (exact) mass is 406 g/mol. The largest absolute Gasteiger partial charge is 0.489 e. The van der Waals surface area contributed by atoms with Gasteiger partial charge in [0.15, 0.2) is 0 Å². The predicted octanol–water partition coefficient (Wildman–Crippen LogP) is 5.81. The first-order chi connectivity index (χ1) is 13.8. The molecule has 150 valence electrons. The Hall–Kier alpha value is -2.75. The Morgan fingerprint density at radius 3 is 2.38 bits per heavy atom. The van der Waals surface area contributed by atoms with Gasteiger partial charge in [-0.2, -0.15) is 0 Å². The van der Waals surface area contributed by atoms with E-state index in [4.69, 9.17) is 4.74 Å². The van der Waals surface area contributed by atoms with Crippen molar-refractivity contribution in [2.45, 2.75) is 26.5 Å². The van der Waals surface area contributed by atoms with Gasteiger partial charge < -0.3 is 15.0 Å². The van der Waals surface area contributed by atoms with Gasteiger partial charge in [0.2, 0.25) is 0 Å². The molecule has 0 saturated heterocycles. The highest BCUT2D eigenvalue weighted by Crippen LogP contribution is 2.18. The summed E-state index contributed by atoms with van der Waals surface area (Å²) in [4.78, 5) is 3.34. The molecule has 0 spiro atoms. The van der Waals surface area contributed by atoms with Crippen LogP contribution >= 0.6 is 12.4 Å². The molecule has 3 aromatic carbocycles. The summed E-state index contributed by atoms with van der Waals surface area (Å²) in [6.45, 7) is 4.51. The van der Waals surface area contributed by atoms with Crippen LogP contribution in [0.2, 0.25) is 0 Å². The number of halogens is 1. The zero-order valence-corrected chi connectivity index (χ0v) is 17.5. The number of aryl methyl sites for hydroxylation is 1. The van der Waals surface area contributed by atoms with E-state index >= 15 is 0 Å². The Bertz CT molecular complexity index is 1020. The standard InChI is InChI=1S/C25H26N2O.ClH/c1-19-6-8-21(9-7-19)18-28-23-12-10-20(11-13-23)16-26-15-14-22-17-27-25-5-3-2-4-24(22)25;/h2-13,17,26-27H,14-16,18H2,1H3;1H. The lowest BCUT2D eigenvalue weighted by atomic mass is 10.1. The van der Waals surface area contributed by atoms with Gasteiger partial charge >= 0.3 is 0 Å². The maximum atomic E-state index is 5.88. The zero-order chi connectivity index (χ0) is 19.2. The van der Waals surface area contributed by atoms with Gasteiger partial charge in [-0.05, 0) is 54.8 Å². The van der Waals surface area contributed by atoms with E-state index in [-0.39, 0.29) is 12.4 Å². The maximum absolute atomic E-state index is 5.88. The number of hydrogen-bond donors (Lipinski definition) is 2. The minimum absolute atomic E-state index is 0. The summed E-state index contributed by atoms with van der Waals surface area (Å²) in [5, 5.41) is 4.85. The van der Waals surface area contributed by atoms with Gasteiger partial charge in [-0.25, -0.2) is 0 Å². The van der Waals surface area contributed by atoms with E-state index in [9.17, 15) is 0 Å². The van der Waals surface area contributed by atoms with Crippen molar-refractivity contribution in [1.82, 2.24) is 10.3 Å². The highest BCUT2D eigenvalue weighted by atomic mass is 35.5. The highest BCUT2D eigenvalue weighted by molar-refractivity contribution is 5.85. The lowest BCUT2D eigenvalue weighted by Crippen LogP contribution is -2.16. The molecule has 4 rings (SSSR count). The number of rotatable bonds is 8. The molecular formula is C25H27ClN2O. The number of ether oxygens (including phenoxy) is 1. The van der Waals surface area contributed by atoms with Gasteiger partial charge in [-0.15, -0.1) is 12.4 Å². The number of aromatic amines is 1. The van der Waals surface area contributed by atoms with Crippen LogP contribution in [0.4, 0.5) is 0 Å². The Labute approximate surface area is 178 Å². The van der Waals surface area contributed by atoms with Crippen LogP contribution in [0.25, 0.3) is 10.9 Å². The van der Waals surface area contributed by atoms with Gasteiger partial charge in [-0.3, -0.25) is 0 Å². The molecule has 29 heavy (non-hydrogen) atoms. The lowest BCUT2D eigenvalue weighted by molar-refractivity contribution is 0.306. The first-order valence-corrected chi connectivity index (χ1v) is 9.81. The van der Waals surface area contributed by atoms with E-state index < -0.39 is 0 Å². The highest BCUT2D eigenvalue weighted by Gasteiger charge is 2.02. The first kappa shape index (κ1) is 21.0. The van der Waals surface area contributed by atoms with Crippen molar-refractivity contribution in [1.29, 1.82) is 0 Å². The molecule has 1 aromatic heterocycles. The Morgan fingerprint density at radius 1 is 0.862 bits per heavy atom. The molecule has 0 aliphatic rings. The molecule has 0 saturated carbocycles. The molecule has 1 heterocycles. The van der Waals surface area contributed by atoms with E-state index in [2.05, 4.69) is 84.1 Å². The maximum Gasteiger partial charge on any atom is 0.119 e. The van der Waals surface area contributed by atoms with Gasteiger partial charge in [0.25, 0.3) is 0 Å². The third kappa shape index (κ3) is 5.63. The van der Waals surface area contributed by atoms with Crippen LogP contribution in [0.15, 0.2) is 79.0 Å². The Morgan fingerprint density at radius 2 is 1.59 bits per heavy atom. The number of nitrogens with one attached hydrogen (secondary N) is 2. The zero-order valence-electron chi connectivity index (χ0n) is 16.7. The molecule has 0 radical (unpaired) electrons. The topological polar surface area (TPSA) is 37.0 Å². The third-order valence-electron chi connectivity index (χ3n) is 5.02. The average Bonchev–Trinajstić information content (AvgIpc) is 3.15. The Balaban J connectivity index is 0.00000240. The number of H-pyrrole nitrogens is 1. The third-order valence-corrected chi connectivity index (χ3v) is 5.02. The van der Waals surface area contributed by atoms with Crippen LogP contribution in [-0.2, 0) is 19.6 Å². The number of aromatic nitrogens is 1. The van der Waals surface area contributed by atoms with Crippen LogP contribution in [0.5, 0.6) is 5.75 Å². The normalized spacial score (nSPS) is 10.7. The Kier molecular flexibility index (Phi) is 7.34. The van der Waals surface area contributed by atoms with E-state index in [1.165, 1.54) is 33.2 Å². The molecule has 0 fully saturated rings. The van der Waals surface area contributed by atoms with E-state index in [1.54, 1.807) is 0 Å². The average molecular weight is 407 g/mol. The van der Waals surface area contributed by atoms with Crippen LogP contribution in [0.1, 0.15) is 22.3 Å². The predicted molar refractivity (Wildman–Crippen MR) is 123 cm³/mol. The lowest BCUT2D eigenvalue weighted by Gasteiger charge is -2.08. The van der Waals surface area contributed by atoms with Crippen molar-refractivity contribution in [3.8, 4) is 5.75 Å². The molecule has 4 heteroatoms. The summed E-state index contributed by atoms with van der Waals surface area (Å²) in [6, 6.07) is 25.3. The second-order valence-electron chi connectivity index (χ2n) is 7.20.